The van der Waals surface area contributed by atoms with Crippen LogP contribution in [0, 0.1) is 5.41 Å². The molecule has 1 aliphatic carbocycles. The van der Waals surface area contributed by atoms with Crippen molar-refractivity contribution in [3.63, 3.8) is 0 Å². The highest BCUT2D eigenvalue weighted by Crippen LogP contribution is 2.52. The Morgan fingerprint density at radius 2 is 2.14 bits per heavy atom. The third-order valence-electron chi connectivity index (χ3n) is 6.58. The molecular formula is C19H27NO2. The van der Waals surface area contributed by atoms with Gasteiger partial charge in [-0.3, -0.25) is 4.90 Å². The first-order chi connectivity index (χ1) is 10.6. The van der Waals surface area contributed by atoms with Crippen molar-refractivity contribution in [3.8, 4) is 5.75 Å². The summed E-state index contributed by atoms with van der Waals surface area (Å²) in [5.41, 5.74) is 3.05. The Bertz CT molecular complexity index is 573. The van der Waals surface area contributed by atoms with E-state index in [-0.39, 0.29) is 11.5 Å². The lowest BCUT2D eigenvalue weighted by Gasteiger charge is -2.57. The highest BCUT2D eigenvalue weighted by molar-refractivity contribution is 5.40. The predicted molar refractivity (Wildman–Crippen MR) is 87.1 cm³/mol. The van der Waals surface area contributed by atoms with Crippen LogP contribution in [0.2, 0.25) is 0 Å². The number of benzene rings is 1. The average molecular weight is 301 g/mol. The summed E-state index contributed by atoms with van der Waals surface area (Å²) in [5.74, 6) is 0.973. The molecule has 4 unspecified atom stereocenters. The van der Waals surface area contributed by atoms with E-state index >= 15 is 0 Å². The van der Waals surface area contributed by atoms with Crippen molar-refractivity contribution in [2.24, 2.45) is 5.41 Å². The van der Waals surface area contributed by atoms with Crippen LogP contribution in [-0.4, -0.2) is 35.8 Å². The van der Waals surface area contributed by atoms with Crippen LogP contribution in [0.15, 0.2) is 18.2 Å². The summed E-state index contributed by atoms with van der Waals surface area (Å²) in [4.78, 5) is 2.71. The fraction of sp³-hybridized carbons (Fsp3) is 0.684. The number of fused-ring (bicyclic) bond motifs is 5. The highest BCUT2D eigenvalue weighted by atomic mass is 16.5. The van der Waals surface area contributed by atoms with Crippen LogP contribution in [0.5, 0.6) is 5.75 Å². The molecule has 3 nitrogen and oxygen atoms in total. The minimum absolute atomic E-state index is 0.0960. The van der Waals surface area contributed by atoms with E-state index in [1.807, 2.05) is 0 Å². The molecule has 0 spiro atoms. The predicted octanol–water partition coefficient (Wildman–Crippen LogP) is 3.31. The number of methoxy groups -OCH3 is 1. The summed E-state index contributed by atoms with van der Waals surface area (Å²) in [7, 11) is 1.74. The Morgan fingerprint density at radius 1 is 1.27 bits per heavy atom. The molecular weight excluding hydrogens is 274 g/mol. The van der Waals surface area contributed by atoms with E-state index in [0.29, 0.717) is 12.1 Å². The maximum atomic E-state index is 10.6. The molecule has 0 amide bonds. The van der Waals surface area contributed by atoms with Crippen LogP contribution in [0.1, 0.15) is 56.2 Å². The molecule has 2 fully saturated rings. The molecule has 0 radical (unpaired) electrons. The van der Waals surface area contributed by atoms with E-state index in [4.69, 9.17) is 4.74 Å². The van der Waals surface area contributed by atoms with Crippen molar-refractivity contribution >= 4 is 0 Å². The number of nitrogens with zero attached hydrogens (tertiary/aromatic N) is 1. The van der Waals surface area contributed by atoms with Gasteiger partial charge in [-0.1, -0.05) is 13.0 Å². The van der Waals surface area contributed by atoms with E-state index in [1.165, 1.54) is 30.4 Å². The Kier molecular flexibility index (Phi) is 3.46. The van der Waals surface area contributed by atoms with Gasteiger partial charge in [0.25, 0.3) is 0 Å². The van der Waals surface area contributed by atoms with Gasteiger partial charge >= 0.3 is 0 Å². The van der Waals surface area contributed by atoms with Gasteiger partial charge < -0.3 is 9.84 Å². The van der Waals surface area contributed by atoms with Gasteiger partial charge in [-0.2, -0.15) is 0 Å². The van der Waals surface area contributed by atoms with Crippen molar-refractivity contribution in [1.82, 2.24) is 4.90 Å². The van der Waals surface area contributed by atoms with Crippen molar-refractivity contribution < 1.29 is 9.84 Å². The van der Waals surface area contributed by atoms with Crippen molar-refractivity contribution in [2.75, 3.05) is 13.7 Å². The van der Waals surface area contributed by atoms with Gasteiger partial charge in [0, 0.05) is 24.0 Å². The second kappa shape index (κ2) is 5.24. The lowest BCUT2D eigenvalue weighted by Crippen LogP contribution is -2.60. The third kappa shape index (κ3) is 2.02. The van der Waals surface area contributed by atoms with Crippen LogP contribution in [-0.2, 0) is 6.42 Å². The molecule has 0 bridgehead atoms. The Balaban J connectivity index is 1.68. The van der Waals surface area contributed by atoms with Gasteiger partial charge in [0.2, 0.25) is 0 Å². The number of hydrogen-bond donors (Lipinski definition) is 1. The molecule has 1 N–H and O–H groups in total. The Morgan fingerprint density at radius 3 is 2.95 bits per heavy atom. The number of rotatable bonds is 1. The molecule has 2 aliphatic heterocycles. The van der Waals surface area contributed by atoms with Gasteiger partial charge in [-0.25, -0.2) is 0 Å². The van der Waals surface area contributed by atoms with Crippen LogP contribution in [0.25, 0.3) is 0 Å². The minimum Gasteiger partial charge on any atom is -0.497 e. The first-order valence-corrected chi connectivity index (χ1v) is 8.74. The second-order valence-corrected chi connectivity index (χ2v) is 7.58. The standard InChI is InChI=1S/C19H27NO2/c1-19-10-8-16-15-7-6-14(22-2)12-13(15)9-11-20(16)17(19)4-3-5-18(19)21/h6-7,12,16-18,21H,3-5,8-11H2,1-2H3. The van der Waals surface area contributed by atoms with E-state index in [2.05, 4.69) is 30.0 Å². The quantitative estimate of drug-likeness (QED) is 0.864. The number of piperidine rings is 1. The van der Waals surface area contributed by atoms with Crippen LogP contribution in [0.3, 0.4) is 0 Å². The smallest absolute Gasteiger partial charge is 0.119 e. The average Bonchev–Trinajstić information content (AvgIpc) is 2.55. The SMILES string of the molecule is COc1ccc2c(c1)CCN1C2CCC2(C)C(O)CCCC12. The molecule has 1 saturated heterocycles. The molecule has 1 aromatic rings. The highest BCUT2D eigenvalue weighted by Gasteiger charge is 2.51. The summed E-state index contributed by atoms with van der Waals surface area (Å²) >= 11 is 0. The summed E-state index contributed by atoms with van der Waals surface area (Å²) < 4.78 is 5.39. The topological polar surface area (TPSA) is 32.7 Å². The molecule has 22 heavy (non-hydrogen) atoms. The second-order valence-electron chi connectivity index (χ2n) is 7.58. The fourth-order valence-corrected chi connectivity index (χ4v) is 5.24. The van der Waals surface area contributed by atoms with E-state index < -0.39 is 0 Å². The zero-order valence-corrected chi connectivity index (χ0v) is 13.7. The fourth-order valence-electron chi connectivity index (χ4n) is 5.24. The van der Waals surface area contributed by atoms with Crippen LogP contribution < -0.4 is 4.74 Å². The minimum atomic E-state index is -0.121. The number of aliphatic hydroxyl groups excluding tert-OH is 1. The van der Waals surface area contributed by atoms with Crippen molar-refractivity contribution in [1.29, 1.82) is 0 Å². The largest absolute Gasteiger partial charge is 0.497 e. The lowest BCUT2D eigenvalue weighted by molar-refractivity contribution is -0.115. The molecule has 4 rings (SSSR count). The Hall–Kier alpha value is -1.06. The van der Waals surface area contributed by atoms with E-state index in [1.54, 1.807) is 7.11 Å². The van der Waals surface area contributed by atoms with Crippen LogP contribution in [0.4, 0.5) is 0 Å². The normalized spacial score (nSPS) is 37.9. The van der Waals surface area contributed by atoms with Gasteiger partial charge in [-0.05, 0) is 61.8 Å². The van der Waals surface area contributed by atoms with Gasteiger partial charge in [-0.15, -0.1) is 0 Å². The van der Waals surface area contributed by atoms with Gasteiger partial charge in [0.05, 0.1) is 13.2 Å². The van der Waals surface area contributed by atoms with Gasteiger partial charge in [0.15, 0.2) is 0 Å². The number of ether oxygens (including phenoxy) is 1. The molecule has 3 heteroatoms. The maximum absolute atomic E-state index is 10.6. The number of aliphatic hydroxyl groups is 1. The van der Waals surface area contributed by atoms with Crippen LogP contribution >= 0.6 is 0 Å². The number of hydrogen-bond acceptors (Lipinski definition) is 3. The zero-order chi connectivity index (χ0) is 15.3. The lowest BCUT2D eigenvalue weighted by atomic mass is 9.62. The van der Waals surface area contributed by atoms with E-state index in [0.717, 1.165) is 31.6 Å². The molecule has 1 saturated carbocycles. The maximum Gasteiger partial charge on any atom is 0.119 e. The van der Waals surface area contributed by atoms with E-state index in [9.17, 15) is 5.11 Å². The van der Waals surface area contributed by atoms with Gasteiger partial charge in [0.1, 0.15) is 5.75 Å². The summed E-state index contributed by atoms with van der Waals surface area (Å²) in [6.07, 6.45) is 6.69. The first-order valence-electron chi connectivity index (χ1n) is 8.74. The molecule has 0 aromatic heterocycles. The molecule has 4 atom stereocenters. The Labute approximate surface area is 133 Å². The summed E-state index contributed by atoms with van der Waals surface area (Å²) in [6, 6.07) is 7.68. The summed E-state index contributed by atoms with van der Waals surface area (Å²) in [6.45, 7) is 3.44. The van der Waals surface area contributed by atoms with Crippen molar-refractivity contribution in [2.45, 2.75) is 63.6 Å². The molecule has 3 aliphatic rings. The monoisotopic (exact) mass is 301 g/mol. The van der Waals surface area contributed by atoms with Crippen molar-refractivity contribution in [3.05, 3.63) is 29.3 Å². The third-order valence-corrected chi connectivity index (χ3v) is 6.58. The molecule has 2 heterocycles. The zero-order valence-electron chi connectivity index (χ0n) is 13.7. The summed E-state index contributed by atoms with van der Waals surface area (Å²) in [5, 5.41) is 10.6. The first kappa shape index (κ1) is 14.5. The molecule has 120 valence electrons. The molecule has 1 aromatic carbocycles.